The summed E-state index contributed by atoms with van der Waals surface area (Å²) in [5.41, 5.74) is 1.40. The van der Waals surface area contributed by atoms with Gasteiger partial charge in [0.2, 0.25) is 5.91 Å². The summed E-state index contributed by atoms with van der Waals surface area (Å²) in [7, 11) is -3.82. The van der Waals surface area contributed by atoms with Crippen molar-refractivity contribution >= 4 is 38.9 Å². The summed E-state index contributed by atoms with van der Waals surface area (Å²) in [6.45, 7) is 2.83. The number of ether oxygens (including phenoxy) is 1. The highest BCUT2D eigenvalue weighted by Crippen LogP contribution is 2.25. The molecule has 144 valence electrons. The number of halogens is 1. The van der Waals surface area contributed by atoms with E-state index in [-0.39, 0.29) is 16.7 Å². The molecule has 0 atom stereocenters. The van der Waals surface area contributed by atoms with Gasteiger partial charge in [0.15, 0.2) is 0 Å². The fourth-order valence-electron chi connectivity index (χ4n) is 2.93. The van der Waals surface area contributed by atoms with Crippen molar-refractivity contribution in [1.29, 1.82) is 0 Å². The molecule has 0 spiro atoms. The number of rotatable bonds is 5. The monoisotopic (exact) mass is 408 g/mol. The van der Waals surface area contributed by atoms with Gasteiger partial charge in [0.1, 0.15) is 0 Å². The fourth-order valence-corrected chi connectivity index (χ4v) is 4.45. The van der Waals surface area contributed by atoms with Gasteiger partial charge < -0.3 is 10.1 Å². The molecule has 2 aromatic rings. The van der Waals surface area contributed by atoms with E-state index in [1.165, 1.54) is 12.1 Å². The van der Waals surface area contributed by atoms with Gasteiger partial charge in [-0.25, -0.2) is 8.42 Å². The van der Waals surface area contributed by atoms with E-state index in [1.54, 1.807) is 37.3 Å². The predicted octanol–water partition coefficient (Wildman–Crippen LogP) is 3.81. The average Bonchev–Trinajstić information content (AvgIpc) is 2.63. The smallest absolute Gasteiger partial charge is 0.262 e. The van der Waals surface area contributed by atoms with Gasteiger partial charge in [-0.2, -0.15) is 0 Å². The molecular weight excluding hydrogens is 388 g/mol. The van der Waals surface area contributed by atoms with E-state index < -0.39 is 10.0 Å². The third-order valence-electron chi connectivity index (χ3n) is 4.41. The minimum atomic E-state index is -3.82. The van der Waals surface area contributed by atoms with Gasteiger partial charge in [0.05, 0.1) is 10.6 Å². The maximum Gasteiger partial charge on any atom is 0.262 e. The molecule has 0 unspecified atom stereocenters. The van der Waals surface area contributed by atoms with E-state index in [0.29, 0.717) is 48.0 Å². The Bertz CT molecular complexity index is 940. The summed E-state index contributed by atoms with van der Waals surface area (Å²) in [4.78, 5) is 12.5. The number of hydrogen-bond acceptors (Lipinski definition) is 4. The number of nitrogens with one attached hydrogen (secondary N) is 2. The molecule has 0 aliphatic carbocycles. The van der Waals surface area contributed by atoms with Crippen LogP contribution in [-0.2, 0) is 19.6 Å². The van der Waals surface area contributed by atoms with Crippen molar-refractivity contribution in [1.82, 2.24) is 0 Å². The molecule has 8 heteroatoms. The van der Waals surface area contributed by atoms with Crippen molar-refractivity contribution in [3.63, 3.8) is 0 Å². The van der Waals surface area contributed by atoms with Crippen LogP contribution in [0.15, 0.2) is 47.4 Å². The third-order valence-corrected chi connectivity index (χ3v) is 6.17. The maximum atomic E-state index is 12.8. The van der Waals surface area contributed by atoms with Crippen LogP contribution in [0.1, 0.15) is 18.4 Å². The van der Waals surface area contributed by atoms with Crippen LogP contribution in [0.2, 0.25) is 5.02 Å². The highest BCUT2D eigenvalue weighted by Gasteiger charge is 2.23. The van der Waals surface area contributed by atoms with Crippen molar-refractivity contribution in [2.45, 2.75) is 24.7 Å². The first kappa shape index (κ1) is 19.7. The van der Waals surface area contributed by atoms with Gasteiger partial charge in [0.25, 0.3) is 10.0 Å². The van der Waals surface area contributed by atoms with Gasteiger partial charge in [-0.3, -0.25) is 9.52 Å². The first-order chi connectivity index (χ1) is 12.8. The lowest BCUT2D eigenvalue weighted by molar-refractivity contribution is -0.122. The second kappa shape index (κ2) is 8.29. The largest absolute Gasteiger partial charge is 0.381 e. The van der Waals surface area contributed by atoms with Crippen molar-refractivity contribution in [2.75, 3.05) is 23.3 Å². The zero-order valence-electron chi connectivity index (χ0n) is 14.9. The number of aryl methyl sites for hydroxylation is 1. The van der Waals surface area contributed by atoms with E-state index in [1.807, 2.05) is 0 Å². The minimum absolute atomic E-state index is 0.104. The van der Waals surface area contributed by atoms with Crippen molar-refractivity contribution in [2.24, 2.45) is 5.92 Å². The lowest BCUT2D eigenvalue weighted by atomic mass is 9.99. The van der Waals surface area contributed by atoms with Crippen LogP contribution in [0.3, 0.4) is 0 Å². The quantitative estimate of drug-likeness (QED) is 0.787. The molecule has 1 aliphatic heterocycles. The van der Waals surface area contributed by atoms with Gasteiger partial charge in [0, 0.05) is 29.8 Å². The zero-order chi connectivity index (χ0) is 19.4. The number of sulfonamides is 1. The first-order valence-corrected chi connectivity index (χ1v) is 10.5. The Balaban J connectivity index is 1.80. The molecule has 6 nitrogen and oxygen atoms in total. The second-order valence-corrected chi connectivity index (χ2v) is 8.56. The molecule has 0 bridgehead atoms. The normalized spacial score (nSPS) is 15.3. The first-order valence-electron chi connectivity index (χ1n) is 8.63. The molecule has 27 heavy (non-hydrogen) atoms. The molecule has 1 heterocycles. The summed E-state index contributed by atoms with van der Waals surface area (Å²) in [6.07, 6.45) is 1.33. The molecule has 2 N–H and O–H groups in total. The molecule has 0 radical (unpaired) electrons. The lowest BCUT2D eigenvalue weighted by Crippen LogP contribution is -2.28. The Morgan fingerprint density at radius 3 is 2.56 bits per heavy atom. The summed E-state index contributed by atoms with van der Waals surface area (Å²) >= 11 is 5.92. The molecule has 0 aromatic heterocycles. The van der Waals surface area contributed by atoms with E-state index in [9.17, 15) is 13.2 Å². The Kier molecular flexibility index (Phi) is 6.04. The van der Waals surface area contributed by atoms with Crippen LogP contribution >= 0.6 is 11.6 Å². The molecule has 1 aliphatic rings. The second-order valence-electron chi connectivity index (χ2n) is 6.47. The maximum absolute atomic E-state index is 12.8. The number of benzene rings is 2. The zero-order valence-corrected chi connectivity index (χ0v) is 16.4. The SMILES string of the molecule is Cc1ccc(NC(=O)C2CCOCC2)cc1S(=O)(=O)Nc1cccc(Cl)c1. The van der Waals surface area contributed by atoms with Crippen molar-refractivity contribution in [3.8, 4) is 0 Å². The minimum Gasteiger partial charge on any atom is -0.381 e. The van der Waals surface area contributed by atoms with Crippen LogP contribution in [0.4, 0.5) is 11.4 Å². The Morgan fingerprint density at radius 2 is 1.85 bits per heavy atom. The average molecular weight is 409 g/mol. The summed E-state index contributed by atoms with van der Waals surface area (Å²) in [6, 6.07) is 11.3. The Hall–Kier alpha value is -2.09. The highest BCUT2D eigenvalue weighted by molar-refractivity contribution is 7.92. The van der Waals surface area contributed by atoms with Crippen LogP contribution in [0, 0.1) is 12.8 Å². The van der Waals surface area contributed by atoms with Gasteiger partial charge in [-0.15, -0.1) is 0 Å². The molecule has 0 saturated carbocycles. The summed E-state index contributed by atoms with van der Waals surface area (Å²) in [5, 5.41) is 3.25. The molecular formula is C19H21ClN2O4S. The van der Waals surface area contributed by atoms with E-state index >= 15 is 0 Å². The fraction of sp³-hybridized carbons (Fsp3) is 0.316. The Morgan fingerprint density at radius 1 is 1.11 bits per heavy atom. The van der Waals surface area contributed by atoms with E-state index in [2.05, 4.69) is 10.0 Å². The summed E-state index contributed by atoms with van der Waals surface area (Å²) < 4.78 is 33.4. The van der Waals surface area contributed by atoms with Crippen LogP contribution in [0.5, 0.6) is 0 Å². The Labute approximate surface area is 163 Å². The molecule has 1 saturated heterocycles. The molecule has 1 amide bonds. The van der Waals surface area contributed by atoms with E-state index in [4.69, 9.17) is 16.3 Å². The highest BCUT2D eigenvalue weighted by atomic mass is 35.5. The third kappa shape index (κ3) is 5.00. The van der Waals surface area contributed by atoms with E-state index in [0.717, 1.165) is 0 Å². The van der Waals surface area contributed by atoms with Gasteiger partial charge in [-0.05, 0) is 55.7 Å². The van der Waals surface area contributed by atoms with Gasteiger partial charge >= 0.3 is 0 Å². The topological polar surface area (TPSA) is 84.5 Å². The number of hydrogen-bond donors (Lipinski definition) is 2. The number of carbonyl (C=O) groups is 1. The van der Waals surface area contributed by atoms with Gasteiger partial charge in [-0.1, -0.05) is 23.7 Å². The van der Waals surface area contributed by atoms with Crippen LogP contribution < -0.4 is 10.0 Å². The number of carbonyl (C=O) groups excluding carboxylic acids is 1. The molecule has 2 aromatic carbocycles. The van der Waals surface area contributed by atoms with Crippen molar-refractivity contribution in [3.05, 3.63) is 53.1 Å². The van der Waals surface area contributed by atoms with Crippen LogP contribution in [-0.4, -0.2) is 27.5 Å². The number of amides is 1. The predicted molar refractivity (Wildman–Crippen MR) is 106 cm³/mol. The number of anilines is 2. The standard InChI is InChI=1S/C19H21ClN2O4S/c1-13-5-6-16(21-19(23)14-7-9-26-10-8-14)12-18(13)27(24,25)22-17-4-2-3-15(20)11-17/h2-6,11-12,14,22H,7-10H2,1H3,(H,21,23). The van der Waals surface area contributed by atoms with Crippen molar-refractivity contribution < 1.29 is 17.9 Å². The lowest BCUT2D eigenvalue weighted by Gasteiger charge is -2.21. The summed E-state index contributed by atoms with van der Waals surface area (Å²) in [5.74, 6) is -0.238. The molecule has 1 fully saturated rings. The van der Waals surface area contributed by atoms with Crippen LogP contribution in [0.25, 0.3) is 0 Å². The molecule has 3 rings (SSSR count).